The van der Waals surface area contributed by atoms with Crippen molar-refractivity contribution in [2.45, 2.75) is 51.9 Å². The fraction of sp³-hybridized carbons (Fsp3) is 0.630. The number of pyridine rings is 1. The number of nitrogens with one attached hydrogen (secondary N) is 1. The number of hydrogen-bond acceptors (Lipinski definition) is 5. The molecule has 36 heavy (non-hydrogen) atoms. The SMILES string of the molecule is CCOC(=O)N1CCN(C(=O)c2cn3c(NC(=O)CC45CC6CC(CC(C6)C4)C5)cccc3n2)CC1. The van der Waals surface area contributed by atoms with Gasteiger partial charge in [-0.25, -0.2) is 9.78 Å². The van der Waals surface area contributed by atoms with Crippen LogP contribution in [0.4, 0.5) is 10.6 Å². The molecule has 0 unspecified atom stereocenters. The van der Waals surface area contributed by atoms with E-state index in [1.807, 2.05) is 18.2 Å². The lowest BCUT2D eigenvalue weighted by atomic mass is 9.49. The molecule has 9 nitrogen and oxygen atoms in total. The molecular weight excluding hydrogens is 458 g/mol. The standard InChI is InChI=1S/C27H35N5O4/c1-2-36-26(35)31-8-6-30(7-9-31)25(34)21-17-32-22(28-21)4-3-5-23(32)29-24(33)16-27-13-18-10-19(14-27)12-20(11-18)15-27/h3-5,17-20H,2,6-16H2,1H3,(H,29,33). The lowest BCUT2D eigenvalue weighted by molar-refractivity contribution is -0.124. The van der Waals surface area contributed by atoms with Gasteiger partial charge < -0.3 is 19.9 Å². The number of carbonyl (C=O) groups excluding carboxylic acids is 3. The number of amides is 3. The van der Waals surface area contributed by atoms with Crippen molar-refractivity contribution in [2.75, 3.05) is 38.1 Å². The van der Waals surface area contributed by atoms with Gasteiger partial charge in [0.15, 0.2) is 0 Å². The highest BCUT2D eigenvalue weighted by Crippen LogP contribution is 2.61. The molecule has 1 aliphatic heterocycles. The third-order valence-corrected chi connectivity index (χ3v) is 8.77. The second-order valence-corrected chi connectivity index (χ2v) is 11.4. The molecular formula is C27H35N5O4. The van der Waals surface area contributed by atoms with Crippen LogP contribution >= 0.6 is 0 Å². The highest BCUT2D eigenvalue weighted by molar-refractivity contribution is 5.94. The van der Waals surface area contributed by atoms with Gasteiger partial charge in [-0.05, 0) is 80.8 Å². The number of piperazine rings is 1. The van der Waals surface area contributed by atoms with Gasteiger partial charge >= 0.3 is 6.09 Å². The first kappa shape index (κ1) is 23.3. The van der Waals surface area contributed by atoms with Crippen LogP contribution in [0.25, 0.3) is 5.65 Å². The summed E-state index contributed by atoms with van der Waals surface area (Å²) in [5.41, 5.74) is 1.13. The number of carbonyl (C=O) groups is 3. The maximum absolute atomic E-state index is 13.2. The summed E-state index contributed by atoms with van der Waals surface area (Å²) in [4.78, 5) is 46.2. The molecule has 1 saturated heterocycles. The van der Waals surface area contributed by atoms with Crippen LogP contribution in [-0.2, 0) is 9.53 Å². The van der Waals surface area contributed by atoms with Gasteiger partial charge in [0.1, 0.15) is 17.2 Å². The summed E-state index contributed by atoms with van der Waals surface area (Å²) in [7, 11) is 0. The summed E-state index contributed by atoms with van der Waals surface area (Å²) < 4.78 is 6.85. The lowest BCUT2D eigenvalue weighted by Gasteiger charge is -2.56. The Balaban J connectivity index is 1.12. The molecule has 4 saturated carbocycles. The van der Waals surface area contributed by atoms with E-state index in [0.29, 0.717) is 56.4 Å². The van der Waals surface area contributed by atoms with Crippen molar-refractivity contribution in [1.29, 1.82) is 0 Å². The Morgan fingerprint density at radius 3 is 2.28 bits per heavy atom. The number of aromatic nitrogens is 2. The van der Waals surface area contributed by atoms with Crippen LogP contribution < -0.4 is 5.32 Å². The van der Waals surface area contributed by atoms with Gasteiger partial charge in [0.2, 0.25) is 5.91 Å². The summed E-state index contributed by atoms with van der Waals surface area (Å²) in [6.45, 7) is 3.84. The first-order valence-corrected chi connectivity index (χ1v) is 13.4. The van der Waals surface area contributed by atoms with Gasteiger partial charge in [0, 0.05) is 38.8 Å². The van der Waals surface area contributed by atoms with E-state index >= 15 is 0 Å². The van der Waals surface area contributed by atoms with Gasteiger partial charge in [0.05, 0.1) is 6.61 Å². The molecule has 5 fully saturated rings. The minimum atomic E-state index is -0.341. The van der Waals surface area contributed by atoms with E-state index in [-0.39, 0.29) is 23.3 Å². The predicted molar refractivity (Wildman–Crippen MR) is 134 cm³/mol. The molecule has 0 radical (unpaired) electrons. The van der Waals surface area contributed by atoms with E-state index in [4.69, 9.17) is 4.74 Å². The topological polar surface area (TPSA) is 96.3 Å². The lowest BCUT2D eigenvalue weighted by Crippen LogP contribution is -2.50. The third kappa shape index (κ3) is 4.33. The fourth-order valence-corrected chi connectivity index (χ4v) is 7.72. The van der Waals surface area contributed by atoms with Crippen molar-refractivity contribution in [2.24, 2.45) is 23.2 Å². The average Bonchev–Trinajstić information content (AvgIpc) is 3.28. The Bertz CT molecular complexity index is 1150. The molecule has 2 aromatic heterocycles. The predicted octanol–water partition coefficient (Wildman–Crippen LogP) is 3.79. The van der Waals surface area contributed by atoms with Crippen LogP contribution in [-0.4, -0.2) is 69.9 Å². The van der Waals surface area contributed by atoms with Crippen LogP contribution in [0.2, 0.25) is 0 Å². The van der Waals surface area contributed by atoms with Crippen molar-refractivity contribution >= 4 is 29.4 Å². The molecule has 4 bridgehead atoms. The van der Waals surface area contributed by atoms with Gasteiger partial charge in [-0.2, -0.15) is 0 Å². The normalized spacial score (nSPS) is 29.0. The van der Waals surface area contributed by atoms with Gasteiger partial charge in [0.25, 0.3) is 5.91 Å². The third-order valence-electron chi connectivity index (χ3n) is 8.77. The molecule has 3 amide bonds. The summed E-state index contributed by atoms with van der Waals surface area (Å²) in [5, 5.41) is 3.12. The molecule has 5 aliphatic rings. The smallest absolute Gasteiger partial charge is 0.409 e. The van der Waals surface area contributed by atoms with Crippen molar-refractivity contribution in [3.63, 3.8) is 0 Å². The van der Waals surface area contributed by atoms with Gasteiger partial charge in [-0.3, -0.25) is 14.0 Å². The molecule has 1 N–H and O–H groups in total. The Hall–Kier alpha value is -3.10. The molecule has 192 valence electrons. The summed E-state index contributed by atoms with van der Waals surface area (Å²) in [6, 6.07) is 5.55. The second-order valence-electron chi connectivity index (χ2n) is 11.4. The maximum atomic E-state index is 13.2. The Morgan fingerprint density at radius 2 is 1.64 bits per heavy atom. The molecule has 9 heteroatoms. The minimum absolute atomic E-state index is 0.0566. The molecule has 0 spiro atoms. The quantitative estimate of drug-likeness (QED) is 0.684. The molecule has 2 aromatic rings. The number of ether oxygens (including phenoxy) is 1. The molecule has 0 aromatic carbocycles. The maximum Gasteiger partial charge on any atom is 0.409 e. The van der Waals surface area contributed by atoms with Crippen LogP contribution in [0.3, 0.4) is 0 Å². The number of rotatable bonds is 5. The number of hydrogen-bond donors (Lipinski definition) is 1. The first-order valence-electron chi connectivity index (χ1n) is 13.4. The number of imidazole rings is 1. The summed E-state index contributed by atoms with van der Waals surface area (Å²) >= 11 is 0. The van der Waals surface area contributed by atoms with Gasteiger partial charge in [-0.1, -0.05) is 6.07 Å². The summed E-state index contributed by atoms with van der Waals surface area (Å²) in [5.74, 6) is 2.96. The van der Waals surface area contributed by atoms with Gasteiger partial charge in [-0.15, -0.1) is 0 Å². The Kier molecular flexibility index (Phi) is 5.88. The largest absolute Gasteiger partial charge is 0.450 e. The number of fused-ring (bicyclic) bond motifs is 1. The average molecular weight is 494 g/mol. The second kappa shape index (κ2) is 9.09. The molecule has 7 rings (SSSR count). The highest BCUT2D eigenvalue weighted by Gasteiger charge is 2.51. The van der Waals surface area contributed by atoms with Crippen molar-refractivity contribution < 1.29 is 19.1 Å². The van der Waals surface area contributed by atoms with Crippen LogP contribution in [0.5, 0.6) is 0 Å². The van der Waals surface area contributed by atoms with E-state index in [9.17, 15) is 14.4 Å². The van der Waals surface area contributed by atoms with Crippen LogP contribution in [0.15, 0.2) is 24.4 Å². The zero-order valence-corrected chi connectivity index (χ0v) is 20.9. The fourth-order valence-electron chi connectivity index (χ4n) is 7.72. The molecule has 3 heterocycles. The van der Waals surface area contributed by atoms with E-state index in [1.165, 1.54) is 38.5 Å². The zero-order valence-electron chi connectivity index (χ0n) is 20.9. The zero-order chi connectivity index (χ0) is 24.9. The first-order chi connectivity index (χ1) is 17.4. The van der Waals surface area contributed by atoms with Crippen molar-refractivity contribution in [1.82, 2.24) is 19.2 Å². The van der Waals surface area contributed by atoms with Crippen LogP contribution in [0, 0.1) is 23.2 Å². The molecule has 4 aliphatic carbocycles. The Morgan fingerprint density at radius 1 is 1.00 bits per heavy atom. The van der Waals surface area contributed by atoms with Crippen molar-refractivity contribution in [3.8, 4) is 0 Å². The van der Waals surface area contributed by atoms with E-state index < -0.39 is 0 Å². The van der Waals surface area contributed by atoms with Crippen molar-refractivity contribution in [3.05, 3.63) is 30.1 Å². The highest BCUT2D eigenvalue weighted by atomic mass is 16.6. The minimum Gasteiger partial charge on any atom is -0.450 e. The van der Waals surface area contributed by atoms with Crippen LogP contribution in [0.1, 0.15) is 62.4 Å². The van der Waals surface area contributed by atoms with E-state index in [1.54, 1.807) is 27.3 Å². The molecule has 0 atom stereocenters. The van der Waals surface area contributed by atoms with E-state index in [2.05, 4.69) is 10.3 Å². The number of anilines is 1. The number of nitrogens with zero attached hydrogens (tertiary/aromatic N) is 4. The van der Waals surface area contributed by atoms with E-state index in [0.717, 1.165) is 17.8 Å². The Labute approximate surface area is 211 Å². The monoisotopic (exact) mass is 493 g/mol. The summed E-state index contributed by atoms with van der Waals surface area (Å²) in [6.07, 6.45) is 9.63.